The molecular weight excluding hydrogens is 304 g/mol. The number of carbonyl (C=O) groups is 1. The van der Waals surface area contributed by atoms with E-state index in [1.807, 2.05) is 26.0 Å². The monoisotopic (exact) mass is 320 g/mol. The molecule has 7 heteroatoms. The molecule has 1 aromatic heterocycles. The molecule has 0 aliphatic carbocycles. The van der Waals surface area contributed by atoms with E-state index in [0.29, 0.717) is 30.5 Å². The number of halogens is 1. The summed E-state index contributed by atoms with van der Waals surface area (Å²) in [5.41, 5.74) is 0.823. The Labute approximate surface area is 133 Å². The highest BCUT2D eigenvalue weighted by Crippen LogP contribution is 2.15. The van der Waals surface area contributed by atoms with Crippen LogP contribution in [-0.2, 0) is 4.74 Å². The van der Waals surface area contributed by atoms with E-state index < -0.39 is 0 Å². The van der Waals surface area contributed by atoms with Gasteiger partial charge in [0.15, 0.2) is 0 Å². The maximum Gasteiger partial charge on any atom is 0.293 e. The number of ether oxygens (including phenoxy) is 1. The zero-order valence-corrected chi connectivity index (χ0v) is 13.2. The van der Waals surface area contributed by atoms with Crippen molar-refractivity contribution in [3.05, 3.63) is 40.9 Å². The van der Waals surface area contributed by atoms with E-state index in [4.69, 9.17) is 16.3 Å². The summed E-state index contributed by atoms with van der Waals surface area (Å²) in [6.07, 6.45) is 0.0390. The Morgan fingerprint density at radius 2 is 2.09 bits per heavy atom. The van der Waals surface area contributed by atoms with Crippen molar-refractivity contribution < 1.29 is 9.53 Å². The summed E-state index contributed by atoms with van der Waals surface area (Å²) >= 11 is 5.89. The fourth-order valence-corrected chi connectivity index (χ4v) is 2.58. The highest BCUT2D eigenvalue weighted by molar-refractivity contribution is 6.30. The van der Waals surface area contributed by atoms with E-state index in [1.165, 1.54) is 0 Å². The lowest BCUT2D eigenvalue weighted by Gasteiger charge is -2.30. The predicted octanol–water partition coefficient (Wildman–Crippen LogP) is 2.09. The van der Waals surface area contributed by atoms with Gasteiger partial charge in [-0.05, 0) is 38.1 Å². The zero-order valence-electron chi connectivity index (χ0n) is 12.5. The fourth-order valence-electron chi connectivity index (χ4n) is 2.45. The Balaban J connectivity index is 1.85. The maximum atomic E-state index is 12.5. The molecule has 2 aromatic rings. The third-order valence-electron chi connectivity index (χ3n) is 3.56. The van der Waals surface area contributed by atoms with Gasteiger partial charge in [-0.15, -0.1) is 5.10 Å². The number of carbonyl (C=O) groups excluding carboxylic acids is 1. The van der Waals surface area contributed by atoms with Crippen LogP contribution in [0.25, 0.3) is 5.69 Å². The number of hydrogen-bond acceptors (Lipinski definition) is 4. The summed E-state index contributed by atoms with van der Waals surface area (Å²) < 4.78 is 7.10. The van der Waals surface area contributed by atoms with Crippen molar-refractivity contribution in [3.8, 4) is 5.69 Å². The lowest BCUT2D eigenvalue weighted by molar-refractivity contribution is -0.0128. The van der Waals surface area contributed by atoms with Gasteiger partial charge in [-0.2, -0.15) is 0 Å². The molecule has 1 atom stereocenters. The maximum absolute atomic E-state index is 12.5. The lowest BCUT2D eigenvalue weighted by Crippen LogP contribution is -2.44. The van der Waals surface area contributed by atoms with Crippen molar-refractivity contribution in [2.45, 2.75) is 20.0 Å². The Morgan fingerprint density at radius 1 is 1.36 bits per heavy atom. The van der Waals surface area contributed by atoms with Crippen molar-refractivity contribution >= 4 is 17.5 Å². The average molecular weight is 321 g/mol. The summed E-state index contributed by atoms with van der Waals surface area (Å²) in [5, 5.41) is 4.99. The Morgan fingerprint density at radius 3 is 2.77 bits per heavy atom. The molecule has 1 fully saturated rings. The largest absolute Gasteiger partial charge is 0.375 e. The molecule has 0 radical (unpaired) electrons. The van der Waals surface area contributed by atoms with Gasteiger partial charge in [0.1, 0.15) is 5.82 Å². The van der Waals surface area contributed by atoms with Gasteiger partial charge < -0.3 is 9.64 Å². The number of aromatic nitrogens is 3. The van der Waals surface area contributed by atoms with E-state index in [1.54, 1.807) is 21.7 Å². The topological polar surface area (TPSA) is 60.3 Å². The average Bonchev–Trinajstić information content (AvgIpc) is 2.89. The van der Waals surface area contributed by atoms with Crippen LogP contribution in [0.5, 0.6) is 0 Å². The molecule has 0 saturated carbocycles. The third kappa shape index (κ3) is 2.98. The smallest absolute Gasteiger partial charge is 0.293 e. The first kappa shape index (κ1) is 15.0. The van der Waals surface area contributed by atoms with Crippen molar-refractivity contribution in [1.29, 1.82) is 0 Å². The molecule has 3 rings (SSSR count). The molecular formula is C15H17ClN4O2. The van der Waals surface area contributed by atoms with Crippen LogP contribution in [0.3, 0.4) is 0 Å². The number of rotatable bonds is 2. The molecule has 0 bridgehead atoms. The van der Waals surface area contributed by atoms with Crippen LogP contribution in [0.15, 0.2) is 24.3 Å². The van der Waals surface area contributed by atoms with E-state index in [-0.39, 0.29) is 17.8 Å². The van der Waals surface area contributed by atoms with Crippen LogP contribution < -0.4 is 0 Å². The highest BCUT2D eigenvalue weighted by atomic mass is 35.5. The Hall–Kier alpha value is -1.92. The van der Waals surface area contributed by atoms with Crippen LogP contribution in [0.2, 0.25) is 5.02 Å². The van der Waals surface area contributed by atoms with Crippen LogP contribution >= 0.6 is 11.6 Å². The van der Waals surface area contributed by atoms with Crippen molar-refractivity contribution in [1.82, 2.24) is 19.7 Å². The van der Waals surface area contributed by atoms with Gasteiger partial charge >= 0.3 is 0 Å². The van der Waals surface area contributed by atoms with Gasteiger partial charge in [0.25, 0.3) is 5.91 Å². The van der Waals surface area contributed by atoms with Crippen LogP contribution in [0.4, 0.5) is 0 Å². The first-order valence-electron chi connectivity index (χ1n) is 7.15. The SMILES string of the molecule is Cc1nc(C(=O)N2CCOC(C)C2)nn1-c1ccc(Cl)cc1. The first-order chi connectivity index (χ1) is 10.5. The van der Waals surface area contributed by atoms with E-state index in [9.17, 15) is 4.79 Å². The van der Waals surface area contributed by atoms with Gasteiger partial charge in [0.05, 0.1) is 18.4 Å². The zero-order chi connectivity index (χ0) is 15.7. The van der Waals surface area contributed by atoms with Gasteiger partial charge in [-0.1, -0.05) is 11.6 Å². The molecule has 1 saturated heterocycles. The second-order valence-corrected chi connectivity index (χ2v) is 5.74. The second-order valence-electron chi connectivity index (χ2n) is 5.30. The van der Waals surface area contributed by atoms with Crippen LogP contribution in [0.1, 0.15) is 23.4 Å². The number of aryl methyl sites for hydroxylation is 1. The minimum absolute atomic E-state index is 0.0390. The fraction of sp³-hybridized carbons (Fsp3) is 0.400. The number of benzene rings is 1. The van der Waals surface area contributed by atoms with E-state index in [2.05, 4.69) is 10.1 Å². The standard InChI is InChI=1S/C15H17ClN4O2/c1-10-9-19(7-8-22-10)15(21)14-17-11(2)20(18-14)13-5-3-12(16)4-6-13/h3-6,10H,7-9H2,1-2H3. The molecule has 0 spiro atoms. The molecule has 22 heavy (non-hydrogen) atoms. The lowest BCUT2D eigenvalue weighted by atomic mass is 10.3. The number of hydrogen-bond donors (Lipinski definition) is 0. The number of amides is 1. The normalized spacial score (nSPS) is 18.5. The second kappa shape index (κ2) is 6.06. The molecule has 116 valence electrons. The molecule has 1 aromatic carbocycles. The first-order valence-corrected chi connectivity index (χ1v) is 7.53. The van der Waals surface area contributed by atoms with Crippen molar-refractivity contribution in [2.24, 2.45) is 0 Å². The Bertz CT molecular complexity index is 683. The van der Waals surface area contributed by atoms with E-state index >= 15 is 0 Å². The number of nitrogens with zero attached hydrogens (tertiary/aromatic N) is 4. The molecule has 1 aliphatic rings. The summed E-state index contributed by atoms with van der Waals surface area (Å²) in [4.78, 5) is 18.5. The highest BCUT2D eigenvalue weighted by Gasteiger charge is 2.26. The summed E-state index contributed by atoms with van der Waals surface area (Å²) in [5.74, 6) is 0.708. The quantitative estimate of drug-likeness (QED) is 0.850. The molecule has 6 nitrogen and oxygen atoms in total. The minimum atomic E-state index is -0.161. The van der Waals surface area contributed by atoms with Gasteiger partial charge in [-0.25, -0.2) is 9.67 Å². The summed E-state index contributed by atoms with van der Waals surface area (Å²) in [6, 6.07) is 7.25. The number of morpholine rings is 1. The summed E-state index contributed by atoms with van der Waals surface area (Å²) in [7, 11) is 0. The van der Waals surface area contributed by atoms with Crippen molar-refractivity contribution in [3.63, 3.8) is 0 Å². The van der Waals surface area contributed by atoms with Gasteiger partial charge in [-0.3, -0.25) is 4.79 Å². The van der Waals surface area contributed by atoms with E-state index in [0.717, 1.165) is 5.69 Å². The van der Waals surface area contributed by atoms with Gasteiger partial charge in [0.2, 0.25) is 5.82 Å². The summed E-state index contributed by atoms with van der Waals surface area (Å²) in [6.45, 7) is 5.44. The molecule has 1 unspecified atom stereocenters. The van der Waals surface area contributed by atoms with Crippen LogP contribution in [0, 0.1) is 6.92 Å². The Kier molecular flexibility index (Phi) is 4.13. The molecule has 0 N–H and O–H groups in total. The van der Waals surface area contributed by atoms with Crippen molar-refractivity contribution in [2.75, 3.05) is 19.7 Å². The van der Waals surface area contributed by atoms with Gasteiger partial charge in [0, 0.05) is 18.1 Å². The predicted molar refractivity (Wildman–Crippen MR) is 82.4 cm³/mol. The minimum Gasteiger partial charge on any atom is -0.375 e. The third-order valence-corrected chi connectivity index (χ3v) is 3.81. The molecule has 1 aliphatic heterocycles. The molecule has 1 amide bonds. The van der Waals surface area contributed by atoms with Crippen LogP contribution in [-0.4, -0.2) is 51.4 Å². The molecule has 2 heterocycles.